The molecule has 0 spiro atoms. The van der Waals surface area contributed by atoms with Crippen LogP contribution in [-0.4, -0.2) is 34.4 Å². The first-order valence-corrected chi connectivity index (χ1v) is 10.8. The van der Waals surface area contributed by atoms with Gasteiger partial charge in [-0.15, -0.1) is 0 Å². The van der Waals surface area contributed by atoms with Crippen LogP contribution >= 0.6 is 0 Å². The fourth-order valence-corrected chi connectivity index (χ4v) is 4.12. The van der Waals surface area contributed by atoms with E-state index in [1.807, 2.05) is 43.3 Å². The SMILES string of the molecule is COc1ccccc1CNC(=O)c1cnc([C@H]2CCCN2Cc2ccc(F)cc2)nc1C. The molecule has 1 aliphatic rings. The number of aromatic nitrogens is 2. The Morgan fingerprint density at radius 1 is 1.22 bits per heavy atom. The molecule has 0 unspecified atom stereocenters. The minimum absolute atomic E-state index is 0.0874. The first-order valence-electron chi connectivity index (χ1n) is 10.8. The maximum absolute atomic E-state index is 13.2. The minimum Gasteiger partial charge on any atom is -0.496 e. The minimum atomic E-state index is -0.231. The van der Waals surface area contributed by atoms with Crippen LogP contribution in [0.3, 0.4) is 0 Å². The number of rotatable bonds is 7. The van der Waals surface area contributed by atoms with Gasteiger partial charge in [-0.25, -0.2) is 14.4 Å². The number of amides is 1. The van der Waals surface area contributed by atoms with Gasteiger partial charge in [-0.2, -0.15) is 0 Å². The molecule has 0 bridgehead atoms. The third kappa shape index (κ3) is 4.94. The lowest BCUT2D eigenvalue weighted by Crippen LogP contribution is -2.27. The molecule has 1 aliphatic heterocycles. The largest absolute Gasteiger partial charge is 0.496 e. The molecule has 7 heteroatoms. The van der Waals surface area contributed by atoms with Crippen LogP contribution in [0.5, 0.6) is 5.75 Å². The zero-order valence-corrected chi connectivity index (χ0v) is 18.3. The molecule has 6 nitrogen and oxygen atoms in total. The topological polar surface area (TPSA) is 67.3 Å². The van der Waals surface area contributed by atoms with Crippen molar-refractivity contribution < 1.29 is 13.9 Å². The Balaban J connectivity index is 1.44. The van der Waals surface area contributed by atoms with Crippen molar-refractivity contribution in [1.82, 2.24) is 20.2 Å². The Morgan fingerprint density at radius 2 is 2.00 bits per heavy atom. The summed E-state index contributed by atoms with van der Waals surface area (Å²) < 4.78 is 18.5. The molecule has 1 aromatic heterocycles. The van der Waals surface area contributed by atoms with E-state index in [0.717, 1.165) is 42.1 Å². The summed E-state index contributed by atoms with van der Waals surface area (Å²) in [6.07, 6.45) is 3.62. The Morgan fingerprint density at radius 3 is 2.75 bits per heavy atom. The number of nitrogens with one attached hydrogen (secondary N) is 1. The lowest BCUT2D eigenvalue weighted by Gasteiger charge is -2.23. The van der Waals surface area contributed by atoms with Crippen LogP contribution in [0.2, 0.25) is 0 Å². The molecule has 1 N–H and O–H groups in total. The van der Waals surface area contributed by atoms with Gasteiger partial charge in [-0.3, -0.25) is 9.69 Å². The molecule has 1 amide bonds. The van der Waals surface area contributed by atoms with Crippen LogP contribution in [0, 0.1) is 12.7 Å². The summed E-state index contributed by atoms with van der Waals surface area (Å²) in [5, 5.41) is 2.93. The van der Waals surface area contributed by atoms with E-state index in [0.29, 0.717) is 24.3 Å². The van der Waals surface area contributed by atoms with Crippen LogP contribution < -0.4 is 10.1 Å². The number of aryl methyl sites for hydroxylation is 1. The molecule has 1 saturated heterocycles. The smallest absolute Gasteiger partial charge is 0.254 e. The Bertz CT molecular complexity index is 1090. The molecule has 4 rings (SSSR count). The Kier molecular flexibility index (Phi) is 6.75. The highest BCUT2D eigenvalue weighted by molar-refractivity contribution is 5.94. The molecule has 166 valence electrons. The second-order valence-electron chi connectivity index (χ2n) is 7.98. The number of halogens is 1. The number of carbonyl (C=O) groups excluding carboxylic acids is 1. The maximum Gasteiger partial charge on any atom is 0.254 e. The van der Waals surface area contributed by atoms with E-state index in [9.17, 15) is 9.18 Å². The van der Waals surface area contributed by atoms with E-state index in [1.54, 1.807) is 13.3 Å². The predicted molar refractivity (Wildman–Crippen MR) is 120 cm³/mol. The highest BCUT2D eigenvalue weighted by atomic mass is 19.1. The molecule has 0 saturated carbocycles. The van der Waals surface area contributed by atoms with E-state index >= 15 is 0 Å². The van der Waals surface area contributed by atoms with Crippen molar-refractivity contribution in [2.24, 2.45) is 0 Å². The van der Waals surface area contributed by atoms with Crippen molar-refractivity contribution in [2.75, 3.05) is 13.7 Å². The number of nitrogens with zero attached hydrogens (tertiary/aromatic N) is 3. The standard InChI is InChI=1S/C25H27FN4O2/c1-17-21(25(31)28-14-19-6-3-4-8-23(19)32-2)15-27-24(29-17)22-7-5-13-30(22)16-18-9-11-20(26)12-10-18/h3-4,6,8-12,15,22H,5,7,13-14,16H2,1-2H3,(H,28,31)/t22-/m1/s1. The zero-order valence-electron chi connectivity index (χ0n) is 18.3. The van der Waals surface area contributed by atoms with Gasteiger partial charge in [0.05, 0.1) is 24.4 Å². The third-order valence-electron chi connectivity index (χ3n) is 5.84. The van der Waals surface area contributed by atoms with Crippen LogP contribution in [0.1, 0.15) is 51.9 Å². The van der Waals surface area contributed by atoms with Gasteiger partial charge in [0.1, 0.15) is 17.4 Å². The van der Waals surface area contributed by atoms with E-state index < -0.39 is 0 Å². The molecular formula is C25H27FN4O2. The highest BCUT2D eigenvalue weighted by Crippen LogP contribution is 2.31. The summed E-state index contributed by atoms with van der Waals surface area (Å²) >= 11 is 0. The molecule has 0 aliphatic carbocycles. The first kappa shape index (κ1) is 21.9. The average molecular weight is 435 g/mol. The third-order valence-corrected chi connectivity index (χ3v) is 5.84. The van der Waals surface area contributed by atoms with Gasteiger partial charge in [0.25, 0.3) is 5.91 Å². The number of carbonyl (C=O) groups is 1. The van der Waals surface area contributed by atoms with E-state index in [4.69, 9.17) is 4.74 Å². The quantitative estimate of drug-likeness (QED) is 0.604. The van der Waals surface area contributed by atoms with Gasteiger partial charge in [-0.05, 0) is 50.1 Å². The summed E-state index contributed by atoms with van der Waals surface area (Å²) in [7, 11) is 1.61. The number of hydrogen-bond acceptors (Lipinski definition) is 5. The summed E-state index contributed by atoms with van der Waals surface area (Å²) in [6, 6.07) is 14.3. The fraction of sp³-hybridized carbons (Fsp3) is 0.320. The van der Waals surface area contributed by atoms with Gasteiger partial charge in [0, 0.05) is 24.8 Å². The van der Waals surface area contributed by atoms with Crippen LogP contribution in [-0.2, 0) is 13.1 Å². The number of hydrogen-bond donors (Lipinski definition) is 1. The van der Waals surface area contributed by atoms with Gasteiger partial charge in [0.2, 0.25) is 0 Å². The van der Waals surface area contributed by atoms with Crippen molar-refractivity contribution in [3.63, 3.8) is 0 Å². The maximum atomic E-state index is 13.2. The van der Waals surface area contributed by atoms with Crippen molar-refractivity contribution >= 4 is 5.91 Å². The van der Waals surface area contributed by atoms with E-state index in [1.165, 1.54) is 12.1 Å². The number of ether oxygens (including phenoxy) is 1. The molecule has 2 aromatic carbocycles. The van der Waals surface area contributed by atoms with Gasteiger partial charge in [0.15, 0.2) is 0 Å². The van der Waals surface area contributed by atoms with E-state index in [-0.39, 0.29) is 17.8 Å². The zero-order chi connectivity index (χ0) is 22.5. The van der Waals surface area contributed by atoms with Crippen molar-refractivity contribution in [2.45, 2.75) is 38.9 Å². The second-order valence-corrected chi connectivity index (χ2v) is 7.98. The second kappa shape index (κ2) is 9.87. The number of methoxy groups -OCH3 is 1. The lowest BCUT2D eigenvalue weighted by atomic mass is 10.1. The van der Waals surface area contributed by atoms with Crippen molar-refractivity contribution in [3.05, 3.63) is 88.8 Å². The highest BCUT2D eigenvalue weighted by Gasteiger charge is 2.29. The fourth-order valence-electron chi connectivity index (χ4n) is 4.12. The number of benzene rings is 2. The van der Waals surface area contributed by atoms with E-state index in [2.05, 4.69) is 20.2 Å². The summed E-state index contributed by atoms with van der Waals surface area (Å²) in [6.45, 7) is 3.85. The van der Waals surface area contributed by atoms with Crippen molar-refractivity contribution in [1.29, 1.82) is 0 Å². The molecule has 1 atom stereocenters. The van der Waals surface area contributed by atoms with Crippen LogP contribution in [0.4, 0.5) is 4.39 Å². The molecule has 3 aromatic rings. The van der Waals surface area contributed by atoms with Crippen molar-refractivity contribution in [3.8, 4) is 5.75 Å². The number of likely N-dealkylation sites (tertiary alicyclic amines) is 1. The monoisotopic (exact) mass is 434 g/mol. The average Bonchev–Trinajstić information content (AvgIpc) is 3.27. The molecule has 1 fully saturated rings. The van der Waals surface area contributed by atoms with Gasteiger partial charge >= 0.3 is 0 Å². The molecule has 32 heavy (non-hydrogen) atoms. The molecule has 2 heterocycles. The predicted octanol–water partition coefficient (Wildman–Crippen LogP) is 4.20. The first-order chi connectivity index (χ1) is 15.5. The molecule has 0 radical (unpaired) electrons. The van der Waals surface area contributed by atoms with Crippen LogP contribution in [0.15, 0.2) is 54.7 Å². The lowest BCUT2D eigenvalue weighted by molar-refractivity contribution is 0.0949. The number of para-hydroxylation sites is 1. The van der Waals surface area contributed by atoms with Gasteiger partial charge in [-0.1, -0.05) is 30.3 Å². The summed E-state index contributed by atoms with van der Waals surface area (Å²) in [4.78, 5) is 24.3. The Hall–Kier alpha value is -3.32. The normalized spacial score (nSPS) is 16.2. The molecular weight excluding hydrogens is 407 g/mol. The summed E-state index contributed by atoms with van der Waals surface area (Å²) in [5.74, 6) is 1.02. The Labute approximate surface area is 187 Å². The van der Waals surface area contributed by atoms with Gasteiger partial charge < -0.3 is 10.1 Å². The van der Waals surface area contributed by atoms with Crippen LogP contribution in [0.25, 0.3) is 0 Å². The summed E-state index contributed by atoms with van der Waals surface area (Å²) in [5.41, 5.74) is 3.08.